The van der Waals surface area contributed by atoms with Gasteiger partial charge in [0.15, 0.2) is 0 Å². The lowest BCUT2D eigenvalue weighted by Crippen LogP contribution is -2.06. The van der Waals surface area contributed by atoms with E-state index in [1.54, 1.807) is 0 Å². The van der Waals surface area contributed by atoms with Gasteiger partial charge in [-0.15, -0.1) is 0 Å². The van der Waals surface area contributed by atoms with E-state index in [0.29, 0.717) is 6.04 Å². The third-order valence-corrected chi connectivity index (χ3v) is 3.80. The molecule has 0 saturated heterocycles. The molecular weight excluding hydrogens is 258 g/mol. The Morgan fingerprint density at radius 2 is 1.76 bits per heavy atom. The molecule has 0 fully saturated rings. The Morgan fingerprint density at radius 1 is 1.00 bits per heavy atom. The molecule has 1 N–H and O–H groups in total. The molecule has 0 radical (unpaired) electrons. The molecule has 0 amide bonds. The van der Waals surface area contributed by atoms with E-state index >= 15 is 0 Å². The summed E-state index contributed by atoms with van der Waals surface area (Å²) in [6.45, 7) is 6.45. The zero-order valence-electron chi connectivity index (χ0n) is 12.7. The third kappa shape index (κ3) is 2.77. The van der Waals surface area contributed by atoms with Crippen LogP contribution in [0.15, 0.2) is 54.9 Å². The first-order valence-corrected chi connectivity index (χ1v) is 7.43. The first-order valence-electron chi connectivity index (χ1n) is 7.43. The number of benzene rings is 2. The Bertz CT molecular complexity index is 738. The van der Waals surface area contributed by atoms with Crippen molar-refractivity contribution in [3.8, 4) is 0 Å². The molecule has 2 aromatic carbocycles. The molecule has 1 unspecified atom stereocenters. The first-order chi connectivity index (χ1) is 10.1. The summed E-state index contributed by atoms with van der Waals surface area (Å²) >= 11 is 0. The molecule has 3 nitrogen and oxygen atoms in total. The monoisotopic (exact) mass is 279 g/mol. The van der Waals surface area contributed by atoms with Crippen molar-refractivity contribution in [2.24, 2.45) is 0 Å². The predicted molar refractivity (Wildman–Crippen MR) is 88.6 cm³/mol. The topological polar surface area (TPSA) is 29.9 Å². The van der Waals surface area contributed by atoms with Crippen LogP contribution in [0.4, 0.5) is 5.69 Å². The Labute approximate surface area is 125 Å². The van der Waals surface area contributed by atoms with E-state index in [-0.39, 0.29) is 6.04 Å². The Balaban J connectivity index is 1.88. The summed E-state index contributed by atoms with van der Waals surface area (Å²) in [6, 6.07) is 15.6. The van der Waals surface area contributed by atoms with Crippen molar-refractivity contribution < 1.29 is 0 Å². The fourth-order valence-electron chi connectivity index (χ4n) is 2.65. The molecule has 1 aromatic heterocycles. The molecular formula is C18H21N3. The second-order valence-corrected chi connectivity index (χ2v) is 5.74. The number of hydrogen-bond acceptors (Lipinski definition) is 2. The van der Waals surface area contributed by atoms with Crippen LogP contribution in [0.5, 0.6) is 0 Å². The molecule has 0 bridgehead atoms. The highest BCUT2D eigenvalue weighted by Gasteiger charge is 2.10. The van der Waals surface area contributed by atoms with E-state index in [0.717, 1.165) is 5.69 Å². The van der Waals surface area contributed by atoms with Crippen molar-refractivity contribution in [3.63, 3.8) is 0 Å². The van der Waals surface area contributed by atoms with E-state index in [9.17, 15) is 0 Å². The lowest BCUT2D eigenvalue weighted by molar-refractivity contribution is 0.532. The van der Waals surface area contributed by atoms with E-state index in [4.69, 9.17) is 0 Å². The van der Waals surface area contributed by atoms with Gasteiger partial charge in [0, 0.05) is 18.3 Å². The van der Waals surface area contributed by atoms with Gasteiger partial charge in [-0.05, 0) is 37.1 Å². The fraction of sp³-hybridized carbons (Fsp3) is 0.278. The smallest absolute Gasteiger partial charge is 0.0731 e. The number of anilines is 1. The number of nitrogens with zero attached hydrogens (tertiary/aromatic N) is 2. The minimum absolute atomic E-state index is 0.237. The van der Waals surface area contributed by atoms with Crippen molar-refractivity contribution in [2.75, 3.05) is 5.32 Å². The van der Waals surface area contributed by atoms with Gasteiger partial charge >= 0.3 is 0 Å². The summed E-state index contributed by atoms with van der Waals surface area (Å²) in [5, 5.41) is 10.5. The van der Waals surface area contributed by atoms with Crippen LogP contribution in [-0.4, -0.2) is 9.78 Å². The summed E-state index contributed by atoms with van der Waals surface area (Å²) in [5.74, 6) is 0. The molecule has 3 rings (SSSR count). The van der Waals surface area contributed by atoms with E-state index in [2.05, 4.69) is 79.8 Å². The van der Waals surface area contributed by atoms with Crippen molar-refractivity contribution in [2.45, 2.75) is 32.9 Å². The highest BCUT2D eigenvalue weighted by atomic mass is 15.3. The zero-order valence-corrected chi connectivity index (χ0v) is 12.7. The normalized spacial score (nSPS) is 12.8. The molecule has 0 spiro atoms. The second-order valence-electron chi connectivity index (χ2n) is 5.74. The third-order valence-electron chi connectivity index (χ3n) is 3.80. The number of aromatic nitrogens is 2. The van der Waals surface area contributed by atoms with Gasteiger partial charge in [-0.2, -0.15) is 5.10 Å². The Kier molecular flexibility index (Phi) is 3.65. The largest absolute Gasteiger partial charge is 0.376 e. The van der Waals surface area contributed by atoms with E-state index < -0.39 is 0 Å². The van der Waals surface area contributed by atoms with Gasteiger partial charge < -0.3 is 5.32 Å². The maximum absolute atomic E-state index is 4.38. The van der Waals surface area contributed by atoms with Gasteiger partial charge in [-0.25, -0.2) is 0 Å². The average molecular weight is 279 g/mol. The molecule has 1 heterocycles. The highest BCUT2D eigenvalue weighted by Crippen LogP contribution is 2.26. The molecule has 21 heavy (non-hydrogen) atoms. The summed E-state index contributed by atoms with van der Waals surface area (Å²) < 4.78 is 1.97. The summed E-state index contributed by atoms with van der Waals surface area (Å²) in [5.41, 5.74) is 2.37. The SMILES string of the molecule is CC(Nc1cnn(C(C)C)c1)c1cccc2ccccc12. The van der Waals surface area contributed by atoms with Crippen LogP contribution >= 0.6 is 0 Å². The van der Waals surface area contributed by atoms with Crippen LogP contribution in [0.25, 0.3) is 10.8 Å². The average Bonchev–Trinajstić information content (AvgIpc) is 2.95. The van der Waals surface area contributed by atoms with Crippen LogP contribution < -0.4 is 5.32 Å². The molecule has 3 aromatic rings. The van der Waals surface area contributed by atoms with Gasteiger partial charge in [0.25, 0.3) is 0 Å². The summed E-state index contributed by atoms with van der Waals surface area (Å²) in [4.78, 5) is 0. The Morgan fingerprint density at radius 3 is 2.52 bits per heavy atom. The molecule has 108 valence electrons. The predicted octanol–water partition coefficient (Wildman–Crippen LogP) is 4.79. The molecule has 1 atom stereocenters. The molecule has 3 heteroatoms. The van der Waals surface area contributed by atoms with Gasteiger partial charge in [-0.1, -0.05) is 42.5 Å². The Hall–Kier alpha value is -2.29. The minimum Gasteiger partial charge on any atom is -0.376 e. The molecule has 0 aliphatic rings. The summed E-state index contributed by atoms with van der Waals surface area (Å²) in [7, 11) is 0. The highest BCUT2D eigenvalue weighted by molar-refractivity contribution is 5.86. The lowest BCUT2D eigenvalue weighted by atomic mass is 10.00. The number of hydrogen-bond donors (Lipinski definition) is 1. The standard InChI is InChI=1S/C18H21N3/c1-13(2)21-12-16(11-19-21)20-14(3)17-10-6-8-15-7-4-5-9-18(15)17/h4-14,20H,1-3H3. The number of rotatable bonds is 4. The molecule has 0 aliphatic heterocycles. The first kappa shape index (κ1) is 13.7. The summed E-state index contributed by atoms with van der Waals surface area (Å²) in [6.07, 6.45) is 3.95. The quantitative estimate of drug-likeness (QED) is 0.744. The van der Waals surface area contributed by atoms with Crippen molar-refractivity contribution in [1.29, 1.82) is 0 Å². The van der Waals surface area contributed by atoms with Gasteiger partial charge in [0.05, 0.1) is 11.9 Å². The second kappa shape index (κ2) is 5.60. The minimum atomic E-state index is 0.237. The van der Waals surface area contributed by atoms with Crippen molar-refractivity contribution >= 4 is 16.5 Å². The number of nitrogens with one attached hydrogen (secondary N) is 1. The van der Waals surface area contributed by atoms with Crippen molar-refractivity contribution in [3.05, 3.63) is 60.4 Å². The zero-order chi connectivity index (χ0) is 14.8. The van der Waals surface area contributed by atoms with Gasteiger partial charge in [-0.3, -0.25) is 4.68 Å². The van der Waals surface area contributed by atoms with Crippen LogP contribution in [0, 0.1) is 0 Å². The number of fused-ring (bicyclic) bond motifs is 1. The van der Waals surface area contributed by atoms with Crippen LogP contribution in [-0.2, 0) is 0 Å². The fourth-order valence-corrected chi connectivity index (χ4v) is 2.65. The maximum Gasteiger partial charge on any atom is 0.0731 e. The van der Waals surface area contributed by atoms with E-state index in [1.807, 2.05) is 10.9 Å². The van der Waals surface area contributed by atoms with Crippen molar-refractivity contribution in [1.82, 2.24) is 9.78 Å². The van der Waals surface area contributed by atoms with E-state index in [1.165, 1.54) is 16.3 Å². The van der Waals surface area contributed by atoms with Gasteiger partial charge in [0.2, 0.25) is 0 Å². The van der Waals surface area contributed by atoms with Gasteiger partial charge in [0.1, 0.15) is 0 Å². The van der Waals surface area contributed by atoms with Crippen LogP contribution in [0.2, 0.25) is 0 Å². The molecule has 0 aliphatic carbocycles. The lowest BCUT2D eigenvalue weighted by Gasteiger charge is -2.16. The molecule has 0 saturated carbocycles. The maximum atomic E-state index is 4.38. The van der Waals surface area contributed by atoms with Crippen LogP contribution in [0.3, 0.4) is 0 Å². The van der Waals surface area contributed by atoms with Crippen LogP contribution in [0.1, 0.15) is 38.4 Å².